The smallest absolute Gasteiger partial charge is 0.273 e. The molecule has 0 saturated carbocycles. The predicted octanol–water partition coefficient (Wildman–Crippen LogP) is 4.06. The van der Waals surface area contributed by atoms with E-state index in [0.29, 0.717) is 23.9 Å². The van der Waals surface area contributed by atoms with Gasteiger partial charge in [0.15, 0.2) is 5.13 Å². The molecule has 2 aliphatic heterocycles. The predicted molar refractivity (Wildman–Crippen MR) is 116 cm³/mol. The van der Waals surface area contributed by atoms with Gasteiger partial charge >= 0.3 is 0 Å². The van der Waals surface area contributed by atoms with Crippen LogP contribution in [0.15, 0.2) is 29.6 Å². The minimum Gasteiger partial charge on any atom is -0.342 e. The lowest BCUT2D eigenvalue weighted by Crippen LogP contribution is -2.45. The van der Waals surface area contributed by atoms with E-state index < -0.39 is 0 Å². The van der Waals surface area contributed by atoms with Crippen LogP contribution in [0.3, 0.4) is 0 Å². The summed E-state index contributed by atoms with van der Waals surface area (Å²) < 4.78 is 0. The Morgan fingerprint density at radius 3 is 2.38 bits per heavy atom. The van der Waals surface area contributed by atoms with Crippen LogP contribution in [0.4, 0.5) is 10.8 Å². The van der Waals surface area contributed by atoms with Crippen LogP contribution in [0, 0.1) is 12.8 Å². The van der Waals surface area contributed by atoms with Crippen molar-refractivity contribution in [2.24, 2.45) is 5.92 Å². The van der Waals surface area contributed by atoms with Crippen molar-refractivity contribution in [2.75, 3.05) is 31.5 Å². The SMILES string of the molecule is Cc1ccc(Nc2nc(C(=O)N3CCC(C(=O)N4CCCCC4)CC3)cs2)cc1. The van der Waals surface area contributed by atoms with Crippen LogP contribution in [0.2, 0.25) is 0 Å². The summed E-state index contributed by atoms with van der Waals surface area (Å²) in [5, 5.41) is 5.78. The van der Waals surface area contributed by atoms with Crippen molar-refractivity contribution >= 4 is 34.0 Å². The van der Waals surface area contributed by atoms with E-state index in [-0.39, 0.29) is 17.7 Å². The van der Waals surface area contributed by atoms with E-state index in [9.17, 15) is 9.59 Å². The third-order valence-corrected chi connectivity index (χ3v) is 6.58. The van der Waals surface area contributed by atoms with Gasteiger partial charge in [-0.25, -0.2) is 4.98 Å². The lowest BCUT2D eigenvalue weighted by atomic mass is 9.94. The maximum Gasteiger partial charge on any atom is 0.273 e. The molecule has 1 N–H and O–H groups in total. The Bertz CT molecular complexity index is 850. The van der Waals surface area contributed by atoms with Gasteiger partial charge in [0, 0.05) is 43.2 Å². The van der Waals surface area contributed by atoms with Crippen LogP contribution in [0.5, 0.6) is 0 Å². The highest BCUT2D eigenvalue weighted by Gasteiger charge is 2.31. The van der Waals surface area contributed by atoms with Gasteiger partial charge in [-0.2, -0.15) is 0 Å². The highest BCUT2D eigenvalue weighted by atomic mass is 32.1. The molecule has 0 atom stereocenters. The second kappa shape index (κ2) is 8.95. The second-order valence-corrected chi connectivity index (χ2v) is 8.84. The largest absolute Gasteiger partial charge is 0.342 e. The normalized spacial score (nSPS) is 18.0. The van der Waals surface area contributed by atoms with Crippen LogP contribution in [0.1, 0.15) is 48.2 Å². The number of benzene rings is 1. The molecule has 0 bridgehead atoms. The minimum absolute atomic E-state index is 0.0397. The molecule has 2 aromatic rings. The van der Waals surface area contributed by atoms with Crippen molar-refractivity contribution in [1.29, 1.82) is 0 Å². The van der Waals surface area contributed by atoms with Gasteiger partial charge in [-0.05, 0) is 51.2 Å². The van der Waals surface area contributed by atoms with E-state index in [2.05, 4.69) is 10.3 Å². The van der Waals surface area contributed by atoms with Gasteiger partial charge in [0.1, 0.15) is 5.69 Å². The maximum atomic E-state index is 12.8. The zero-order chi connectivity index (χ0) is 20.2. The van der Waals surface area contributed by atoms with Gasteiger partial charge in [0.25, 0.3) is 5.91 Å². The average Bonchev–Trinajstić information content (AvgIpc) is 3.23. The van der Waals surface area contributed by atoms with Crippen molar-refractivity contribution in [2.45, 2.75) is 39.0 Å². The Morgan fingerprint density at radius 1 is 1.00 bits per heavy atom. The number of thiazole rings is 1. The van der Waals surface area contributed by atoms with E-state index in [4.69, 9.17) is 0 Å². The fraction of sp³-hybridized carbons (Fsp3) is 0.500. The number of piperidine rings is 2. The van der Waals surface area contributed by atoms with Crippen LogP contribution in [-0.2, 0) is 4.79 Å². The molecule has 2 amide bonds. The number of hydrogen-bond acceptors (Lipinski definition) is 5. The molecule has 2 fully saturated rings. The minimum atomic E-state index is -0.0397. The first-order valence-electron chi connectivity index (χ1n) is 10.5. The molecule has 2 aliphatic rings. The molecule has 6 nitrogen and oxygen atoms in total. The maximum absolute atomic E-state index is 12.8. The summed E-state index contributed by atoms with van der Waals surface area (Å²) in [5.74, 6) is 0.309. The Hall–Kier alpha value is -2.41. The summed E-state index contributed by atoms with van der Waals surface area (Å²) >= 11 is 1.43. The fourth-order valence-electron chi connectivity index (χ4n) is 4.05. The van der Waals surface area contributed by atoms with Crippen molar-refractivity contribution < 1.29 is 9.59 Å². The molecule has 1 aromatic heterocycles. The van der Waals surface area contributed by atoms with Gasteiger partial charge in [-0.1, -0.05) is 17.7 Å². The first kappa shape index (κ1) is 19.9. The lowest BCUT2D eigenvalue weighted by molar-refractivity contribution is -0.137. The fourth-order valence-corrected chi connectivity index (χ4v) is 4.76. The Labute approximate surface area is 175 Å². The highest BCUT2D eigenvalue weighted by Crippen LogP contribution is 2.25. The van der Waals surface area contributed by atoms with E-state index in [0.717, 1.165) is 44.5 Å². The molecule has 2 saturated heterocycles. The Balaban J connectivity index is 1.31. The molecule has 1 aromatic carbocycles. The number of aromatic nitrogens is 1. The molecular weight excluding hydrogens is 384 g/mol. The summed E-state index contributed by atoms with van der Waals surface area (Å²) in [6.45, 7) is 5.09. The zero-order valence-electron chi connectivity index (χ0n) is 16.9. The molecule has 154 valence electrons. The number of aryl methyl sites for hydroxylation is 1. The standard InChI is InChI=1S/C22H28N4O2S/c1-16-5-7-18(8-6-16)23-22-24-19(15-29-22)21(28)26-13-9-17(10-14-26)20(27)25-11-3-2-4-12-25/h5-8,15,17H,2-4,9-14H2,1H3,(H,23,24). The van der Waals surface area contributed by atoms with E-state index in [1.54, 1.807) is 0 Å². The zero-order valence-corrected chi connectivity index (χ0v) is 17.7. The lowest BCUT2D eigenvalue weighted by Gasteiger charge is -2.35. The van der Waals surface area contributed by atoms with Crippen LogP contribution in [-0.4, -0.2) is 52.8 Å². The molecule has 0 unspecified atom stereocenters. The van der Waals surface area contributed by atoms with Crippen molar-refractivity contribution in [1.82, 2.24) is 14.8 Å². The monoisotopic (exact) mass is 412 g/mol. The third-order valence-electron chi connectivity index (χ3n) is 5.83. The number of carbonyl (C=O) groups excluding carboxylic acids is 2. The van der Waals surface area contributed by atoms with Gasteiger partial charge in [0.2, 0.25) is 5.91 Å². The quantitative estimate of drug-likeness (QED) is 0.822. The van der Waals surface area contributed by atoms with Gasteiger partial charge in [-0.15, -0.1) is 11.3 Å². The molecule has 0 spiro atoms. The number of likely N-dealkylation sites (tertiary alicyclic amines) is 2. The van der Waals surface area contributed by atoms with Crippen LogP contribution in [0.25, 0.3) is 0 Å². The topological polar surface area (TPSA) is 65.5 Å². The molecule has 0 radical (unpaired) electrons. The van der Waals surface area contributed by atoms with Gasteiger partial charge < -0.3 is 15.1 Å². The first-order valence-corrected chi connectivity index (χ1v) is 11.4. The molecule has 7 heteroatoms. The van der Waals surface area contributed by atoms with Crippen LogP contribution < -0.4 is 5.32 Å². The summed E-state index contributed by atoms with van der Waals surface area (Å²) in [6, 6.07) is 8.08. The number of carbonyl (C=O) groups is 2. The van der Waals surface area contributed by atoms with Crippen molar-refractivity contribution in [3.05, 3.63) is 40.9 Å². The number of rotatable bonds is 4. The Morgan fingerprint density at radius 2 is 1.69 bits per heavy atom. The number of hydrogen-bond donors (Lipinski definition) is 1. The summed E-state index contributed by atoms with van der Waals surface area (Å²) in [4.78, 5) is 33.9. The summed E-state index contributed by atoms with van der Waals surface area (Å²) in [7, 11) is 0. The van der Waals surface area contributed by atoms with Crippen molar-refractivity contribution in [3.8, 4) is 0 Å². The third kappa shape index (κ3) is 4.78. The second-order valence-electron chi connectivity index (χ2n) is 7.98. The van der Waals surface area contributed by atoms with E-state index >= 15 is 0 Å². The molecule has 3 heterocycles. The van der Waals surface area contributed by atoms with Crippen LogP contribution >= 0.6 is 11.3 Å². The number of nitrogens with one attached hydrogen (secondary N) is 1. The number of anilines is 2. The van der Waals surface area contributed by atoms with Gasteiger partial charge in [0.05, 0.1) is 0 Å². The highest BCUT2D eigenvalue weighted by molar-refractivity contribution is 7.14. The molecular formula is C22H28N4O2S. The van der Waals surface area contributed by atoms with E-state index in [1.165, 1.54) is 23.3 Å². The van der Waals surface area contributed by atoms with E-state index in [1.807, 2.05) is 46.4 Å². The Kier molecular flexibility index (Phi) is 6.13. The number of nitrogens with zero attached hydrogens (tertiary/aromatic N) is 3. The summed E-state index contributed by atoms with van der Waals surface area (Å²) in [5.41, 5.74) is 2.64. The molecule has 0 aliphatic carbocycles. The summed E-state index contributed by atoms with van der Waals surface area (Å²) in [6.07, 6.45) is 4.96. The van der Waals surface area contributed by atoms with Gasteiger partial charge in [-0.3, -0.25) is 9.59 Å². The molecule has 4 rings (SSSR count). The average molecular weight is 413 g/mol. The number of amides is 2. The first-order chi connectivity index (χ1) is 14.1. The van der Waals surface area contributed by atoms with Crippen molar-refractivity contribution in [3.63, 3.8) is 0 Å². The molecule has 29 heavy (non-hydrogen) atoms.